The van der Waals surface area contributed by atoms with Crippen LogP contribution in [-0.2, 0) is 19.6 Å². The molecule has 3 rings (SSSR count). The number of para-hydroxylation sites is 2. The highest BCUT2D eigenvalue weighted by molar-refractivity contribution is 7.92. The zero-order valence-corrected chi connectivity index (χ0v) is 19.2. The minimum Gasteiger partial charge on any atom is -0.493 e. The van der Waals surface area contributed by atoms with Crippen molar-refractivity contribution >= 4 is 39.1 Å². The van der Waals surface area contributed by atoms with Crippen LogP contribution in [0.4, 0.5) is 5.69 Å². The number of anilines is 1. The van der Waals surface area contributed by atoms with Gasteiger partial charge in [0.1, 0.15) is 11.5 Å². The molecule has 1 atom stereocenters. The zero-order valence-electron chi connectivity index (χ0n) is 17.6. The average Bonchev–Trinajstić information content (AvgIpc) is 2.74. The Morgan fingerprint density at radius 1 is 1.22 bits per heavy atom. The van der Waals surface area contributed by atoms with Gasteiger partial charge in [0.2, 0.25) is 15.9 Å². The Kier molecular flexibility index (Phi) is 7.47. The number of carbonyl (C=O) groups excluding carboxylic acids is 2. The maximum atomic E-state index is 12.5. The average molecular weight is 482 g/mol. The zero-order chi connectivity index (χ0) is 23.3. The number of hydrazine groups is 1. The quantitative estimate of drug-likeness (QED) is 0.463. The molecular formula is C21H24ClN3O6S. The number of hydrogen-bond acceptors (Lipinski definition) is 6. The molecule has 32 heavy (non-hydrogen) atoms. The number of carbonyl (C=O) groups is 2. The van der Waals surface area contributed by atoms with E-state index in [2.05, 4.69) is 10.9 Å². The highest BCUT2D eigenvalue weighted by Gasteiger charge is 2.34. The van der Waals surface area contributed by atoms with Gasteiger partial charge < -0.3 is 9.47 Å². The fourth-order valence-corrected chi connectivity index (χ4v) is 4.26. The number of sulfonamides is 1. The van der Waals surface area contributed by atoms with E-state index in [4.69, 9.17) is 21.1 Å². The van der Waals surface area contributed by atoms with E-state index in [9.17, 15) is 18.0 Å². The summed E-state index contributed by atoms with van der Waals surface area (Å²) >= 11 is 5.91. The Labute approximate surface area is 191 Å². The Morgan fingerprint density at radius 3 is 2.69 bits per heavy atom. The molecule has 9 nitrogen and oxygen atoms in total. The number of rotatable bonds is 7. The van der Waals surface area contributed by atoms with Gasteiger partial charge in [0.15, 0.2) is 6.10 Å². The van der Waals surface area contributed by atoms with Crippen molar-refractivity contribution in [2.45, 2.75) is 25.9 Å². The number of hydrogen-bond donors (Lipinski definition) is 2. The maximum absolute atomic E-state index is 12.5. The molecule has 0 bridgehead atoms. The molecule has 172 valence electrons. The summed E-state index contributed by atoms with van der Waals surface area (Å²) in [4.78, 5) is 24.5. The number of nitrogens with zero attached hydrogens (tertiary/aromatic N) is 1. The van der Waals surface area contributed by atoms with E-state index in [1.807, 2.05) is 6.92 Å². The summed E-state index contributed by atoms with van der Waals surface area (Å²) in [6.07, 6.45) is 0.492. The highest BCUT2D eigenvalue weighted by Crippen LogP contribution is 2.34. The van der Waals surface area contributed by atoms with Crippen molar-refractivity contribution in [3.8, 4) is 11.5 Å². The second-order valence-corrected chi connectivity index (χ2v) is 9.61. The van der Waals surface area contributed by atoms with Gasteiger partial charge in [-0.25, -0.2) is 8.42 Å². The number of benzene rings is 2. The van der Waals surface area contributed by atoms with Crippen LogP contribution in [0.2, 0.25) is 5.02 Å². The predicted molar refractivity (Wildman–Crippen MR) is 120 cm³/mol. The van der Waals surface area contributed by atoms with Crippen molar-refractivity contribution in [3.63, 3.8) is 0 Å². The molecular weight excluding hydrogens is 458 g/mol. The number of amides is 2. The van der Waals surface area contributed by atoms with Crippen LogP contribution in [0.3, 0.4) is 0 Å². The minimum absolute atomic E-state index is 0.122. The smallest absolute Gasteiger partial charge is 0.281 e. The van der Waals surface area contributed by atoms with Gasteiger partial charge in [0, 0.05) is 11.4 Å². The lowest BCUT2D eigenvalue weighted by Gasteiger charge is -2.33. The highest BCUT2D eigenvalue weighted by atomic mass is 35.5. The van der Waals surface area contributed by atoms with E-state index < -0.39 is 27.9 Å². The molecule has 1 unspecified atom stereocenters. The molecule has 0 spiro atoms. The standard InChI is InChI=1S/C21H24ClN3O6S/c1-14-12-15(22)9-10-17(14)30-11-5-8-20(26)23-24-21(27)19-13-25(32(2,28)29)16-6-3-4-7-18(16)31-19/h3-4,6-7,9-10,12,19H,5,8,11,13H2,1-2H3,(H,23,26)(H,24,27). The first kappa shape index (κ1) is 23.7. The lowest BCUT2D eigenvalue weighted by atomic mass is 10.2. The number of aryl methyl sites for hydroxylation is 1. The summed E-state index contributed by atoms with van der Waals surface area (Å²) in [5.41, 5.74) is 5.86. The van der Waals surface area contributed by atoms with Gasteiger partial charge in [-0.05, 0) is 49.2 Å². The summed E-state index contributed by atoms with van der Waals surface area (Å²) in [6.45, 7) is 1.99. The van der Waals surface area contributed by atoms with Crippen LogP contribution in [0.25, 0.3) is 0 Å². The van der Waals surface area contributed by atoms with Crippen LogP contribution in [-0.4, -0.2) is 45.7 Å². The van der Waals surface area contributed by atoms with Crippen molar-refractivity contribution in [2.75, 3.05) is 23.7 Å². The normalized spacial score (nSPS) is 15.3. The summed E-state index contributed by atoms with van der Waals surface area (Å²) in [7, 11) is -3.62. The van der Waals surface area contributed by atoms with Crippen molar-refractivity contribution in [1.29, 1.82) is 0 Å². The van der Waals surface area contributed by atoms with E-state index in [1.54, 1.807) is 42.5 Å². The van der Waals surface area contributed by atoms with E-state index in [0.717, 1.165) is 16.1 Å². The Bertz CT molecular complexity index is 1110. The molecule has 1 aliphatic heterocycles. The van der Waals surface area contributed by atoms with Gasteiger partial charge in [0.05, 0.1) is 25.1 Å². The molecule has 2 aromatic rings. The van der Waals surface area contributed by atoms with Gasteiger partial charge >= 0.3 is 0 Å². The van der Waals surface area contributed by atoms with Gasteiger partial charge in [-0.1, -0.05) is 23.7 Å². The minimum atomic E-state index is -3.62. The van der Waals surface area contributed by atoms with E-state index in [0.29, 0.717) is 29.5 Å². The van der Waals surface area contributed by atoms with E-state index in [1.165, 1.54) is 0 Å². The third-order valence-corrected chi connectivity index (χ3v) is 6.08. The molecule has 0 aromatic heterocycles. The SMILES string of the molecule is Cc1cc(Cl)ccc1OCCCC(=O)NNC(=O)C1CN(S(C)(=O)=O)c2ccccc2O1. The van der Waals surface area contributed by atoms with Gasteiger partial charge in [0.25, 0.3) is 5.91 Å². The third-order valence-electron chi connectivity index (χ3n) is 4.70. The lowest BCUT2D eigenvalue weighted by Crippen LogP contribution is -2.54. The molecule has 0 saturated heterocycles. The molecule has 0 saturated carbocycles. The second-order valence-electron chi connectivity index (χ2n) is 7.27. The Morgan fingerprint density at radius 2 is 1.97 bits per heavy atom. The molecule has 0 fully saturated rings. The van der Waals surface area contributed by atoms with Crippen LogP contribution < -0.4 is 24.6 Å². The molecule has 11 heteroatoms. The first-order valence-corrected chi connectivity index (χ1v) is 12.1. The first-order valence-electron chi connectivity index (χ1n) is 9.86. The summed E-state index contributed by atoms with van der Waals surface area (Å²) in [5, 5.41) is 0.620. The van der Waals surface area contributed by atoms with E-state index in [-0.39, 0.29) is 18.7 Å². The summed E-state index contributed by atoms with van der Waals surface area (Å²) in [5.74, 6) is -0.112. The maximum Gasteiger partial charge on any atom is 0.281 e. The molecule has 2 N–H and O–H groups in total. The monoisotopic (exact) mass is 481 g/mol. The van der Waals surface area contributed by atoms with Crippen LogP contribution in [0, 0.1) is 6.92 Å². The number of nitrogens with one attached hydrogen (secondary N) is 2. The van der Waals surface area contributed by atoms with Crippen LogP contribution >= 0.6 is 11.6 Å². The number of ether oxygens (including phenoxy) is 2. The predicted octanol–water partition coefficient (Wildman–Crippen LogP) is 2.18. The van der Waals surface area contributed by atoms with Crippen molar-refractivity contribution in [2.24, 2.45) is 0 Å². The Balaban J connectivity index is 1.46. The largest absolute Gasteiger partial charge is 0.493 e. The lowest BCUT2D eigenvalue weighted by molar-refractivity contribution is -0.133. The van der Waals surface area contributed by atoms with Gasteiger partial charge in [-0.2, -0.15) is 0 Å². The van der Waals surface area contributed by atoms with Gasteiger partial charge in [-0.15, -0.1) is 0 Å². The van der Waals surface area contributed by atoms with Crippen LogP contribution in [0.15, 0.2) is 42.5 Å². The number of fused-ring (bicyclic) bond motifs is 1. The van der Waals surface area contributed by atoms with Crippen molar-refractivity contribution in [1.82, 2.24) is 10.9 Å². The molecule has 0 radical (unpaired) electrons. The van der Waals surface area contributed by atoms with Crippen molar-refractivity contribution in [3.05, 3.63) is 53.1 Å². The second kappa shape index (κ2) is 10.1. The number of halogens is 1. The first-order chi connectivity index (χ1) is 15.1. The topological polar surface area (TPSA) is 114 Å². The van der Waals surface area contributed by atoms with Crippen LogP contribution in [0.1, 0.15) is 18.4 Å². The van der Waals surface area contributed by atoms with E-state index >= 15 is 0 Å². The molecule has 0 aliphatic carbocycles. The van der Waals surface area contributed by atoms with Crippen molar-refractivity contribution < 1.29 is 27.5 Å². The molecule has 1 aliphatic rings. The third kappa shape index (κ3) is 6.04. The van der Waals surface area contributed by atoms with Gasteiger partial charge in [-0.3, -0.25) is 24.7 Å². The Hall–Kier alpha value is -2.98. The molecule has 2 aromatic carbocycles. The fourth-order valence-electron chi connectivity index (χ4n) is 3.12. The molecule has 2 amide bonds. The summed E-state index contributed by atoms with van der Waals surface area (Å²) in [6, 6.07) is 11.8. The molecule has 1 heterocycles. The summed E-state index contributed by atoms with van der Waals surface area (Å²) < 4.78 is 36.6. The van der Waals surface area contributed by atoms with Crippen LogP contribution in [0.5, 0.6) is 11.5 Å². The fraction of sp³-hybridized carbons (Fsp3) is 0.333.